The maximum atomic E-state index is 13.6. The van der Waals surface area contributed by atoms with E-state index in [9.17, 15) is 24.6 Å². The highest BCUT2D eigenvalue weighted by molar-refractivity contribution is 6.51. The lowest BCUT2D eigenvalue weighted by molar-refractivity contribution is -0.132. The number of benzene rings is 4. The number of carboxylic acid groups (broad SMARTS) is 1. The van der Waals surface area contributed by atoms with Gasteiger partial charge in [0.2, 0.25) is 5.95 Å². The van der Waals surface area contributed by atoms with E-state index in [4.69, 9.17) is 4.74 Å². The number of hydrogen-bond donors (Lipinski definition) is 3. The largest absolute Gasteiger partial charge is 0.507 e. The van der Waals surface area contributed by atoms with Gasteiger partial charge >= 0.3 is 11.9 Å². The fraction of sp³-hybridized carbons (Fsp3) is 0.0667. The highest BCUT2D eigenvalue weighted by Gasteiger charge is 2.48. The van der Waals surface area contributed by atoms with Crippen molar-refractivity contribution in [3.8, 4) is 5.75 Å². The Kier molecular flexibility index (Phi) is 5.61. The molecule has 4 aromatic carbocycles. The summed E-state index contributed by atoms with van der Waals surface area (Å²) in [5, 5.41) is 22.6. The number of methoxy groups -OCH3 is 1. The summed E-state index contributed by atoms with van der Waals surface area (Å²) in [4.78, 5) is 47.2. The van der Waals surface area contributed by atoms with Crippen LogP contribution in [0.4, 0.5) is 5.95 Å². The summed E-state index contributed by atoms with van der Waals surface area (Å²) < 4.78 is 5.27. The van der Waals surface area contributed by atoms with Crippen LogP contribution in [0.25, 0.3) is 27.6 Å². The van der Waals surface area contributed by atoms with Crippen molar-refractivity contribution in [1.29, 1.82) is 0 Å². The first-order chi connectivity index (χ1) is 18.9. The summed E-state index contributed by atoms with van der Waals surface area (Å²) in [7, 11) is 1.53. The summed E-state index contributed by atoms with van der Waals surface area (Å²) >= 11 is 0. The number of aliphatic hydroxyl groups is 1. The Balaban J connectivity index is 1.58. The zero-order valence-electron chi connectivity index (χ0n) is 20.6. The number of aromatic carboxylic acids is 1. The van der Waals surface area contributed by atoms with Crippen LogP contribution >= 0.6 is 0 Å². The molecule has 6 rings (SSSR count). The van der Waals surface area contributed by atoms with Gasteiger partial charge in [0.15, 0.2) is 0 Å². The lowest BCUT2D eigenvalue weighted by atomic mass is 9.93. The van der Waals surface area contributed by atoms with E-state index >= 15 is 0 Å². The number of aromatic amines is 1. The van der Waals surface area contributed by atoms with Crippen molar-refractivity contribution in [2.45, 2.75) is 6.04 Å². The predicted molar refractivity (Wildman–Crippen MR) is 145 cm³/mol. The Morgan fingerprint density at radius 2 is 1.69 bits per heavy atom. The molecule has 3 N–H and O–H groups in total. The minimum Gasteiger partial charge on any atom is -0.507 e. The number of ketones is 1. The third kappa shape index (κ3) is 3.88. The molecule has 192 valence electrons. The van der Waals surface area contributed by atoms with Crippen molar-refractivity contribution < 1.29 is 29.3 Å². The van der Waals surface area contributed by atoms with Gasteiger partial charge in [0.1, 0.15) is 11.5 Å². The number of carbonyl (C=O) groups is 3. The Bertz CT molecular complexity index is 1830. The molecule has 0 saturated carbocycles. The van der Waals surface area contributed by atoms with Gasteiger partial charge in [0.05, 0.1) is 35.3 Å². The maximum Gasteiger partial charge on any atom is 0.335 e. The lowest BCUT2D eigenvalue weighted by Crippen LogP contribution is -2.30. The number of imidazole rings is 1. The second kappa shape index (κ2) is 9.14. The number of carbonyl (C=O) groups excluding carboxylic acids is 2. The van der Waals surface area contributed by atoms with Gasteiger partial charge in [-0.3, -0.25) is 14.5 Å². The Hall–Kier alpha value is -5.44. The van der Waals surface area contributed by atoms with Gasteiger partial charge in [-0.15, -0.1) is 0 Å². The molecular weight excluding hydrogens is 498 g/mol. The molecule has 9 heteroatoms. The minimum absolute atomic E-state index is 0.0439. The molecule has 1 aliphatic rings. The molecule has 5 aromatic rings. The van der Waals surface area contributed by atoms with Gasteiger partial charge in [0, 0.05) is 5.56 Å². The smallest absolute Gasteiger partial charge is 0.335 e. The third-order valence-electron chi connectivity index (χ3n) is 6.87. The number of anilines is 1. The summed E-state index contributed by atoms with van der Waals surface area (Å²) in [5.41, 5.74) is 1.72. The van der Waals surface area contributed by atoms with E-state index in [1.807, 2.05) is 30.3 Å². The van der Waals surface area contributed by atoms with E-state index < -0.39 is 23.7 Å². The van der Waals surface area contributed by atoms with E-state index in [2.05, 4.69) is 9.97 Å². The Morgan fingerprint density at radius 3 is 2.44 bits per heavy atom. The van der Waals surface area contributed by atoms with Crippen LogP contribution < -0.4 is 9.64 Å². The molecule has 0 aliphatic carbocycles. The average molecular weight is 520 g/mol. The molecule has 1 amide bonds. The van der Waals surface area contributed by atoms with Crippen LogP contribution in [0.1, 0.15) is 27.5 Å². The molecule has 1 aliphatic heterocycles. The van der Waals surface area contributed by atoms with E-state index in [0.29, 0.717) is 27.9 Å². The fourth-order valence-electron chi connectivity index (χ4n) is 4.97. The third-order valence-corrected chi connectivity index (χ3v) is 6.87. The highest BCUT2D eigenvalue weighted by atomic mass is 16.5. The van der Waals surface area contributed by atoms with Crippen molar-refractivity contribution in [1.82, 2.24) is 9.97 Å². The van der Waals surface area contributed by atoms with Crippen molar-refractivity contribution in [3.63, 3.8) is 0 Å². The topological polar surface area (TPSA) is 133 Å². The monoisotopic (exact) mass is 519 g/mol. The van der Waals surface area contributed by atoms with Crippen LogP contribution in [0.15, 0.2) is 90.5 Å². The SMILES string of the molecule is COc1ccc(C2/C(=C(\O)c3cccc4ccccc34)C(=O)C(=O)N2c2nc3ccc(C(=O)O)cc3[nH]2)cc1. The summed E-state index contributed by atoms with van der Waals surface area (Å²) in [6, 6.07) is 22.9. The zero-order chi connectivity index (χ0) is 27.3. The van der Waals surface area contributed by atoms with E-state index in [0.717, 1.165) is 10.8 Å². The van der Waals surface area contributed by atoms with E-state index in [1.54, 1.807) is 36.4 Å². The molecule has 1 atom stereocenters. The van der Waals surface area contributed by atoms with Gasteiger partial charge in [-0.25, -0.2) is 9.78 Å². The Morgan fingerprint density at radius 1 is 0.949 bits per heavy atom. The van der Waals surface area contributed by atoms with Crippen LogP contribution in [0.2, 0.25) is 0 Å². The molecule has 0 radical (unpaired) electrons. The van der Waals surface area contributed by atoms with Gasteiger partial charge in [-0.1, -0.05) is 54.6 Å². The molecule has 9 nitrogen and oxygen atoms in total. The van der Waals surface area contributed by atoms with E-state index in [1.165, 1.54) is 30.2 Å². The van der Waals surface area contributed by atoms with Crippen molar-refractivity contribution in [2.24, 2.45) is 0 Å². The number of Topliss-reactive ketones (excluding diaryl/α,β-unsaturated/α-hetero) is 1. The lowest BCUT2D eigenvalue weighted by Gasteiger charge is -2.23. The minimum atomic E-state index is -1.11. The van der Waals surface area contributed by atoms with Crippen molar-refractivity contribution in [3.05, 3.63) is 107 Å². The summed E-state index contributed by atoms with van der Waals surface area (Å²) in [5.74, 6) is -2.54. The predicted octanol–water partition coefficient (Wildman–Crippen LogP) is 5.05. The molecule has 1 aromatic heterocycles. The number of H-pyrrole nitrogens is 1. The van der Waals surface area contributed by atoms with Crippen LogP contribution in [0.3, 0.4) is 0 Å². The number of rotatable bonds is 5. The number of ether oxygens (including phenoxy) is 1. The second-order valence-corrected chi connectivity index (χ2v) is 9.07. The van der Waals surface area contributed by atoms with Gasteiger partial charge in [-0.05, 0) is 46.7 Å². The number of hydrogen-bond acceptors (Lipinski definition) is 6. The first-order valence-corrected chi connectivity index (χ1v) is 12.0. The molecule has 0 bridgehead atoms. The summed E-state index contributed by atoms with van der Waals surface area (Å²) in [6.45, 7) is 0. The standard InChI is InChI=1S/C30H21N3O6/c1-39-19-12-9-17(10-13-19)25-24(26(34)21-8-4-6-16-5-2-3-7-20(16)21)27(35)28(36)33(25)30-31-22-14-11-18(29(37)38)15-23(22)32-30/h2-15,25,34H,1H3,(H,31,32)(H,37,38)/b26-24+. The summed E-state index contributed by atoms with van der Waals surface area (Å²) in [6.07, 6.45) is 0. The number of nitrogens with zero attached hydrogens (tertiary/aromatic N) is 2. The quantitative estimate of drug-likeness (QED) is 0.168. The average Bonchev–Trinajstić information content (AvgIpc) is 3.49. The van der Waals surface area contributed by atoms with Gasteiger partial charge < -0.3 is 19.9 Å². The molecule has 0 spiro atoms. The normalized spacial score (nSPS) is 16.7. The van der Waals surface area contributed by atoms with Crippen molar-refractivity contribution >= 4 is 51.2 Å². The van der Waals surface area contributed by atoms with Gasteiger partial charge in [-0.2, -0.15) is 0 Å². The van der Waals surface area contributed by atoms with Gasteiger partial charge in [0.25, 0.3) is 5.78 Å². The number of fused-ring (bicyclic) bond motifs is 2. The first kappa shape index (κ1) is 23.9. The molecule has 1 saturated heterocycles. The van der Waals surface area contributed by atoms with Crippen LogP contribution in [0.5, 0.6) is 5.75 Å². The molecule has 2 heterocycles. The highest BCUT2D eigenvalue weighted by Crippen LogP contribution is 2.43. The number of amides is 1. The zero-order valence-corrected chi connectivity index (χ0v) is 20.6. The Labute approximate surface area is 221 Å². The van der Waals surface area contributed by atoms with Crippen molar-refractivity contribution in [2.75, 3.05) is 12.0 Å². The van der Waals surface area contributed by atoms with Crippen LogP contribution in [-0.2, 0) is 9.59 Å². The molecule has 1 unspecified atom stereocenters. The number of nitrogens with one attached hydrogen (secondary N) is 1. The first-order valence-electron chi connectivity index (χ1n) is 12.0. The maximum absolute atomic E-state index is 13.6. The number of aromatic nitrogens is 2. The molecule has 39 heavy (non-hydrogen) atoms. The number of aliphatic hydroxyl groups excluding tert-OH is 1. The second-order valence-electron chi connectivity index (χ2n) is 9.07. The van der Waals surface area contributed by atoms with E-state index in [-0.39, 0.29) is 22.8 Å². The number of carboxylic acids is 1. The van der Waals surface area contributed by atoms with Crippen LogP contribution in [-0.4, -0.2) is 45.0 Å². The van der Waals surface area contributed by atoms with Crippen LogP contribution in [0, 0.1) is 0 Å². The molecule has 1 fully saturated rings. The fourth-order valence-corrected chi connectivity index (χ4v) is 4.97. The molecular formula is C30H21N3O6.